The Morgan fingerprint density at radius 2 is 2.11 bits per heavy atom. The van der Waals surface area contributed by atoms with E-state index in [0.29, 0.717) is 12.4 Å². The number of nitrogens with one attached hydrogen (secondary N) is 1. The van der Waals surface area contributed by atoms with Crippen LogP contribution in [0.25, 0.3) is 0 Å². The van der Waals surface area contributed by atoms with Crippen LogP contribution in [0.15, 0.2) is 29.2 Å². The van der Waals surface area contributed by atoms with Crippen molar-refractivity contribution in [1.29, 1.82) is 0 Å². The van der Waals surface area contributed by atoms with Crippen molar-refractivity contribution in [3.8, 4) is 0 Å². The lowest BCUT2D eigenvalue weighted by atomic mass is 10.2. The number of carbonyl (C=O) groups excluding carboxylic acids is 1. The Morgan fingerprint density at radius 1 is 1.44 bits per heavy atom. The summed E-state index contributed by atoms with van der Waals surface area (Å²) < 4.78 is 4.95. The smallest absolute Gasteiger partial charge is 0.230 e. The minimum absolute atomic E-state index is 0.00390. The number of aliphatic hydroxyl groups excluding tert-OH is 1. The Balaban J connectivity index is 2.33. The molecule has 0 radical (unpaired) electrons. The molecule has 4 nitrogen and oxygen atoms in total. The molecule has 1 amide bonds. The van der Waals surface area contributed by atoms with Crippen molar-refractivity contribution >= 4 is 17.7 Å². The van der Waals surface area contributed by atoms with Gasteiger partial charge in [-0.2, -0.15) is 0 Å². The molecule has 0 aliphatic carbocycles. The Bertz CT molecular complexity index is 367. The molecular formula is C13H19NO3S. The number of rotatable bonds is 7. The predicted molar refractivity (Wildman–Crippen MR) is 72.6 cm³/mol. The number of thioether (sulfide) groups is 1. The third-order valence-corrected chi connectivity index (χ3v) is 3.31. The fraction of sp³-hybridized carbons (Fsp3) is 0.462. The van der Waals surface area contributed by atoms with Crippen LogP contribution >= 0.6 is 11.8 Å². The van der Waals surface area contributed by atoms with Gasteiger partial charge in [0.1, 0.15) is 0 Å². The molecule has 0 bridgehead atoms. The van der Waals surface area contributed by atoms with E-state index in [2.05, 4.69) is 5.32 Å². The van der Waals surface area contributed by atoms with Crippen LogP contribution in [0.2, 0.25) is 0 Å². The van der Waals surface area contributed by atoms with E-state index in [1.807, 2.05) is 31.2 Å². The molecule has 0 aliphatic rings. The van der Waals surface area contributed by atoms with Crippen molar-refractivity contribution in [3.63, 3.8) is 0 Å². The number of hydrogen-bond acceptors (Lipinski definition) is 4. The van der Waals surface area contributed by atoms with E-state index in [1.165, 1.54) is 11.8 Å². The fourth-order valence-corrected chi connectivity index (χ4v) is 2.16. The molecule has 0 heterocycles. The molecule has 0 fully saturated rings. The van der Waals surface area contributed by atoms with Crippen molar-refractivity contribution in [1.82, 2.24) is 5.32 Å². The molecule has 1 rings (SSSR count). The summed E-state index contributed by atoms with van der Waals surface area (Å²) in [6.45, 7) is 2.46. The summed E-state index contributed by atoms with van der Waals surface area (Å²) in [4.78, 5) is 12.6. The topological polar surface area (TPSA) is 58.6 Å². The summed E-state index contributed by atoms with van der Waals surface area (Å²) in [5.41, 5.74) is 0.873. The van der Waals surface area contributed by atoms with Gasteiger partial charge in [-0.05, 0) is 24.6 Å². The summed E-state index contributed by atoms with van der Waals surface area (Å²) in [6.07, 6.45) is 0. The van der Waals surface area contributed by atoms with Gasteiger partial charge in [-0.25, -0.2) is 0 Å². The van der Waals surface area contributed by atoms with Crippen molar-refractivity contribution in [2.75, 3.05) is 19.5 Å². The van der Waals surface area contributed by atoms with Gasteiger partial charge in [0.2, 0.25) is 5.91 Å². The molecule has 0 saturated heterocycles. The van der Waals surface area contributed by atoms with Crippen LogP contribution in [0, 0.1) is 0 Å². The highest BCUT2D eigenvalue weighted by atomic mass is 32.2. The maximum atomic E-state index is 11.6. The largest absolute Gasteiger partial charge is 0.392 e. The van der Waals surface area contributed by atoms with Gasteiger partial charge >= 0.3 is 0 Å². The van der Waals surface area contributed by atoms with E-state index >= 15 is 0 Å². The Hall–Kier alpha value is -1.04. The summed E-state index contributed by atoms with van der Waals surface area (Å²) >= 11 is 1.47. The molecule has 18 heavy (non-hydrogen) atoms. The van der Waals surface area contributed by atoms with E-state index in [1.54, 1.807) is 7.11 Å². The average molecular weight is 269 g/mol. The van der Waals surface area contributed by atoms with Crippen molar-refractivity contribution in [2.45, 2.75) is 24.5 Å². The maximum absolute atomic E-state index is 11.6. The maximum Gasteiger partial charge on any atom is 0.230 e. The first-order valence-electron chi connectivity index (χ1n) is 5.76. The molecular weight excluding hydrogens is 250 g/mol. The summed E-state index contributed by atoms with van der Waals surface area (Å²) in [5, 5.41) is 11.8. The van der Waals surface area contributed by atoms with Gasteiger partial charge in [-0.15, -0.1) is 11.8 Å². The molecule has 1 unspecified atom stereocenters. The average Bonchev–Trinajstić information content (AvgIpc) is 2.37. The van der Waals surface area contributed by atoms with Crippen LogP contribution < -0.4 is 5.32 Å². The van der Waals surface area contributed by atoms with E-state index < -0.39 is 0 Å². The second-order valence-electron chi connectivity index (χ2n) is 4.01. The zero-order valence-electron chi connectivity index (χ0n) is 10.7. The molecule has 0 saturated carbocycles. The molecule has 0 aliphatic heterocycles. The third kappa shape index (κ3) is 5.53. The molecule has 1 aromatic carbocycles. The zero-order chi connectivity index (χ0) is 13.4. The summed E-state index contributed by atoms with van der Waals surface area (Å²) in [7, 11) is 1.61. The van der Waals surface area contributed by atoms with Crippen LogP contribution in [0.1, 0.15) is 12.5 Å². The highest BCUT2D eigenvalue weighted by molar-refractivity contribution is 8.00. The van der Waals surface area contributed by atoms with Gasteiger partial charge in [0, 0.05) is 18.0 Å². The lowest BCUT2D eigenvalue weighted by Gasteiger charge is -2.12. The number of methoxy groups -OCH3 is 1. The number of amides is 1. The highest BCUT2D eigenvalue weighted by Crippen LogP contribution is 2.18. The first kappa shape index (κ1) is 15.0. The van der Waals surface area contributed by atoms with E-state index in [-0.39, 0.29) is 18.6 Å². The van der Waals surface area contributed by atoms with Crippen LogP contribution in [0.4, 0.5) is 0 Å². The Labute approximate surface area is 112 Å². The van der Waals surface area contributed by atoms with Crippen molar-refractivity contribution < 1.29 is 14.6 Å². The second kappa shape index (κ2) is 8.13. The van der Waals surface area contributed by atoms with Crippen LogP contribution in [0.5, 0.6) is 0 Å². The standard InChI is InChI=1S/C13H19NO3S/c1-10(8-17-2)14-13(16)9-18-12-5-3-11(7-15)4-6-12/h3-6,10,15H,7-9H2,1-2H3,(H,14,16). The first-order chi connectivity index (χ1) is 8.65. The summed E-state index contributed by atoms with van der Waals surface area (Å²) in [5.74, 6) is 0.378. The molecule has 0 spiro atoms. The quantitative estimate of drug-likeness (QED) is 0.735. The number of aliphatic hydroxyl groups is 1. The fourth-order valence-electron chi connectivity index (χ4n) is 1.45. The van der Waals surface area contributed by atoms with Crippen LogP contribution in [0.3, 0.4) is 0 Å². The number of hydrogen-bond donors (Lipinski definition) is 2. The molecule has 1 atom stereocenters. The normalized spacial score (nSPS) is 12.2. The number of ether oxygens (including phenoxy) is 1. The van der Waals surface area contributed by atoms with Gasteiger partial charge < -0.3 is 15.2 Å². The number of benzene rings is 1. The van der Waals surface area contributed by atoms with Crippen LogP contribution in [-0.2, 0) is 16.1 Å². The van der Waals surface area contributed by atoms with E-state index in [9.17, 15) is 4.79 Å². The van der Waals surface area contributed by atoms with Gasteiger partial charge in [-0.1, -0.05) is 12.1 Å². The summed E-state index contributed by atoms with van der Waals surface area (Å²) in [6, 6.07) is 7.55. The lowest BCUT2D eigenvalue weighted by molar-refractivity contribution is -0.119. The molecule has 5 heteroatoms. The van der Waals surface area contributed by atoms with Crippen molar-refractivity contribution in [3.05, 3.63) is 29.8 Å². The minimum Gasteiger partial charge on any atom is -0.392 e. The van der Waals surface area contributed by atoms with Gasteiger partial charge in [0.25, 0.3) is 0 Å². The van der Waals surface area contributed by atoms with E-state index in [4.69, 9.17) is 9.84 Å². The van der Waals surface area contributed by atoms with E-state index in [0.717, 1.165) is 10.5 Å². The zero-order valence-corrected chi connectivity index (χ0v) is 11.5. The SMILES string of the molecule is COCC(C)NC(=O)CSc1ccc(CO)cc1. The molecule has 1 aromatic rings. The predicted octanol–water partition coefficient (Wildman–Crippen LogP) is 1.42. The lowest BCUT2D eigenvalue weighted by Crippen LogP contribution is -2.36. The van der Waals surface area contributed by atoms with Gasteiger partial charge in [0.05, 0.1) is 19.0 Å². The monoisotopic (exact) mass is 269 g/mol. The first-order valence-corrected chi connectivity index (χ1v) is 6.75. The van der Waals surface area contributed by atoms with Gasteiger partial charge in [0.15, 0.2) is 0 Å². The molecule has 2 N–H and O–H groups in total. The van der Waals surface area contributed by atoms with Crippen molar-refractivity contribution in [2.24, 2.45) is 0 Å². The van der Waals surface area contributed by atoms with Gasteiger partial charge in [-0.3, -0.25) is 4.79 Å². The number of carbonyl (C=O) groups is 1. The third-order valence-electron chi connectivity index (χ3n) is 2.30. The molecule has 100 valence electrons. The van der Waals surface area contributed by atoms with Crippen LogP contribution in [-0.4, -0.2) is 36.5 Å². The Morgan fingerprint density at radius 3 is 2.67 bits per heavy atom. The second-order valence-corrected chi connectivity index (χ2v) is 5.06. The Kier molecular flexibility index (Phi) is 6.78. The highest BCUT2D eigenvalue weighted by Gasteiger charge is 2.07. The minimum atomic E-state index is -0.00390. The molecule has 0 aromatic heterocycles.